The van der Waals surface area contributed by atoms with Crippen LogP contribution in [0.25, 0.3) is 0 Å². The minimum atomic E-state index is -0.364. The number of nitrogens with zero attached hydrogens (tertiary/aromatic N) is 4. The molecule has 4 rings (SSSR count). The highest BCUT2D eigenvalue weighted by Crippen LogP contribution is 2.48. The molecule has 1 saturated heterocycles. The lowest BCUT2D eigenvalue weighted by Crippen LogP contribution is -2.35. The Hall–Kier alpha value is -2.41. The van der Waals surface area contributed by atoms with E-state index in [1.165, 1.54) is 0 Å². The molecule has 0 amide bonds. The molecule has 0 radical (unpaired) electrons. The van der Waals surface area contributed by atoms with Gasteiger partial charge in [0, 0.05) is 30.1 Å². The largest absolute Gasteiger partial charge is 0.338 e. The maximum Gasteiger partial charge on any atom is 0.269 e. The summed E-state index contributed by atoms with van der Waals surface area (Å²) in [5, 5.41) is 12.0. The number of hydrogen-bond acceptors (Lipinski definition) is 6. The second-order valence-electron chi connectivity index (χ2n) is 6.18. The zero-order chi connectivity index (χ0) is 17.4. The first-order chi connectivity index (χ1) is 12.2. The van der Waals surface area contributed by atoms with Gasteiger partial charge in [-0.3, -0.25) is 20.1 Å². The average molecular weight is 354 g/mol. The minimum Gasteiger partial charge on any atom is -0.338 e. The molecule has 2 aromatic rings. The molecule has 0 aliphatic carbocycles. The third-order valence-corrected chi connectivity index (χ3v) is 5.90. The van der Waals surface area contributed by atoms with Crippen molar-refractivity contribution < 1.29 is 4.92 Å². The number of nitro groups is 1. The summed E-state index contributed by atoms with van der Waals surface area (Å²) in [7, 11) is 0. The van der Waals surface area contributed by atoms with Crippen molar-refractivity contribution in [3.8, 4) is 0 Å². The molecule has 0 N–H and O–H groups in total. The van der Waals surface area contributed by atoms with Gasteiger partial charge in [0.15, 0.2) is 5.17 Å². The Labute approximate surface area is 150 Å². The molecular formula is C18H18N4O2S. The summed E-state index contributed by atoms with van der Waals surface area (Å²) in [6.45, 7) is 2.19. The van der Waals surface area contributed by atoms with E-state index in [9.17, 15) is 10.1 Å². The normalized spacial score (nSPS) is 24.9. The first kappa shape index (κ1) is 16.1. The van der Waals surface area contributed by atoms with E-state index in [1.54, 1.807) is 30.1 Å². The molecule has 3 atom stereocenters. The molecule has 7 heteroatoms. The fraction of sp³-hybridized carbons (Fsp3) is 0.333. The predicted octanol–water partition coefficient (Wildman–Crippen LogP) is 3.97. The molecule has 2 aliphatic heterocycles. The molecule has 0 spiro atoms. The quantitative estimate of drug-likeness (QED) is 0.614. The van der Waals surface area contributed by atoms with Gasteiger partial charge in [-0.25, -0.2) is 0 Å². The van der Waals surface area contributed by atoms with Crippen molar-refractivity contribution in [2.75, 3.05) is 5.75 Å². The van der Waals surface area contributed by atoms with Gasteiger partial charge in [-0.2, -0.15) is 0 Å². The molecule has 0 bridgehead atoms. The first-order valence-electron chi connectivity index (χ1n) is 8.33. The molecule has 128 valence electrons. The van der Waals surface area contributed by atoms with Crippen molar-refractivity contribution in [3.05, 3.63) is 70.0 Å². The van der Waals surface area contributed by atoms with Gasteiger partial charge >= 0.3 is 0 Å². The van der Waals surface area contributed by atoms with Crippen LogP contribution in [0.2, 0.25) is 0 Å². The summed E-state index contributed by atoms with van der Waals surface area (Å²) in [6.07, 6.45) is 2.83. The Morgan fingerprint density at radius 3 is 2.72 bits per heavy atom. The number of fused-ring (bicyclic) bond motifs is 1. The van der Waals surface area contributed by atoms with E-state index in [2.05, 4.69) is 16.8 Å². The Balaban J connectivity index is 1.76. The third-order valence-electron chi connectivity index (χ3n) is 4.77. The monoisotopic (exact) mass is 354 g/mol. The standard InChI is InChI=1S/C18H18N4O2S/c1-2-13-11-25-18-20-16(15-5-3-4-10-19-15)17(21(13)18)12-6-8-14(9-7-12)22(23)24/h3-10,13,16-17H,2,11H2,1H3. The Morgan fingerprint density at radius 2 is 2.08 bits per heavy atom. The summed E-state index contributed by atoms with van der Waals surface area (Å²) >= 11 is 1.79. The highest BCUT2D eigenvalue weighted by atomic mass is 32.2. The number of amidine groups is 1. The zero-order valence-corrected chi connectivity index (χ0v) is 14.6. The van der Waals surface area contributed by atoms with Gasteiger partial charge in [0.1, 0.15) is 6.04 Å². The van der Waals surface area contributed by atoms with Gasteiger partial charge in [-0.15, -0.1) is 0 Å². The van der Waals surface area contributed by atoms with E-state index in [-0.39, 0.29) is 22.7 Å². The molecule has 1 aromatic heterocycles. The molecule has 2 aliphatic rings. The lowest BCUT2D eigenvalue weighted by Gasteiger charge is -2.31. The fourth-order valence-corrected chi connectivity index (χ4v) is 4.84. The summed E-state index contributed by atoms with van der Waals surface area (Å²) in [4.78, 5) is 22.4. The van der Waals surface area contributed by atoms with Crippen LogP contribution in [0.4, 0.5) is 5.69 Å². The van der Waals surface area contributed by atoms with E-state index in [0.29, 0.717) is 6.04 Å². The Kier molecular flexibility index (Phi) is 4.17. The van der Waals surface area contributed by atoms with Crippen molar-refractivity contribution in [1.29, 1.82) is 0 Å². The van der Waals surface area contributed by atoms with Crippen molar-refractivity contribution >= 4 is 22.6 Å². The van der Waals surface area contributed by atoms with Crippen molar-refractivity contribution in [1.82, 2.24) is 9.88 Å². The SMILES string of the molecule is CCC1CSC2=NC(c3ccccn3)C(c3ccc([N+](=O)[O-])cc3)N21. The number of thioether (sulfide) groups is 1. The topological polar surface area (TPSA) is 71.6 Å². The fourth-order valence-electron chi connectivity index (χ4n) is 3.50. The molecule has 1 aromatic carbocycles. The lowest BCUT2D eigenvalue weighted by molar-refractivity contribution is -0.384. The Bertz CT molecular complexity index is 810. The molecule has 0 saturated carbocycles. The van der Waals surface area contributed by atoms with Crippen LogP contribution in [0.3, 0.4) is 0 Å². The van der Waals surface area contributed by atoms with Crippen LogP contribution in [0.15, 0.2) is 53.7 Å². The van der Waals surface area contributed by atoms with Gasteiger partial charge in [0.25, 0.3) is 5.69 Å². The van der Waals surface area contributed by atoms with Crippen LogP contribution < -0.4 is 0 Å². The smallest absolute Gasteiger partial charge is 0.269 e. The summed E-state index contributed by atoms with van der Waals surface area (Å²) in [5.74, 6) is 1.04. The predicted molar refractivity (Wildman–Crippen MR) is 98.6 cm³/mol. The van der Waals surface area contributed by atoms with Gasteiger partial charge in [0.05, 0.1) is 16.7 Å². The maximum atomic E-state index is 11.0. The second-order valence-corrected chi connectivity index (χ2v) is 7.17. The molecule has 25 heavy (non-hydrogen) atoms. The number of rotatable bonds is 4. The maximum absolute atomic E-state index is 11.0. The van der Waals surface area contributed by atoms with Crippen LogP contribution in [-0.2, 0) is 0 Å². The van der Waals surface area contributed by atoms with Crippen LogP contribution in [0.1, 0.15) is 36.7 Å². The third kappa shape index (κ3) is 2.78. The van der Waals surface area contributed by atoms with E-state index in [4.69, 9.17) is 4.99 Å². The molecule has 3 unspecified atom stereocenters. The van der Waals surface area contributed by atoms with Gasteiger partial charge in [-0.05, 0) is 24.1 Å². The highest BCUT2D eigenvalue weighted by molar-refractivity contribution is 8.14. The molecule has 3 heterocycles. The van der Waals surface area contributed by atoms with Crippen molar-refractivity contribution in [2.24, 2.45) is 4.99 Å². The van der Waals surface area contributed by atoms with E-state index in [0.717, 1.165) is 28.6 Å². The summed E-state index contributed by atoms with van der Waals surface area (Å²) in [6, 6.07) is 13.1. The molecular weight excluding hydrogens is 336 g/mol. The minimum absolute atomic E-state index is 0.0330. The van der Waals surface area contributed by atoms with Gasteiger partial charge in [-0.1, -0.05) is 36.9 Å². The number of aliphatic imine (C=N–C) groups is 1. The summed E-state index contributed by atoms with van der Waals surface area (Å²) < 4.78 is 0. The molecule has 1 fully saturated rings. The molecule has 6 nitrogen and oxygen atoms in total. The van der Waals surface area contributed by atoms with E-state index in [1.807, 2.05) is 30.3 Å². The van der Waals surface area contributed by atoms with Crippen LogP contribution in [0.5, 0.6) is 0 Å². The van der Waals surface area contributed by atoms with E-state index >= 15 is 0 Å². The average Bonchev–Trinajstić information content (AvgIpc) is 3.21. The Morgan fingerprint density at radius 1 is 1.28 bits per heavy atom. The van der Waals surface area contributed by atoms with Crippen molar-refractivity contribution in [2.45, 2.75) is 31.5 Å². The van der Waals surface area contributed by atoms with Crippen LogP contribution in [-0.4, -0.2) is 31.8 Å². The number of hydrogen-bond donors (Lipinski definition) is 0. The van der Waals surface area contributed by atoms with Crippen LogP contribution >= 0.6 is 11.8 Å². The number of nitro benzene ring substituents is 1. The number of benzene rings is 1. The van der Waals surface area contributed by atoms with Gasteiger partial charge in [0.2, 0.25) is 0 Å². The number of aromatic nitrogens is 1. The first-order valence-corrected chi connectivity index (χ1v) is 9.32. The van der Waals surface area contributed by atoms with Crippen molar-refractivity contribution in [3.63, 3.8) is 0 Å². The summed E-state index contributed by atoms with van der Waals surface area (Å²) in [5.41, 5.74) is 2.09. The van der Waals surface area contributed by atoms with Gasteiger partial charge < -0.3 is 4.90 Å². The highest BCUT2D eigenvalue weighted by Gasteiger charge is 2.45. The lowest BCUT2D eigenvalue weighted by atomic mass is 9.95. The second kappa shape index (κ2) is 6.48. The van der Waals surface area contributed by atoms with Crippen LogP contribution in [0, 0.1) is 10.1 Å². The number of pyridine rings is 1. The number of non-ortho nitro benzene ring substituents is 1. The van der Waals surface area contributed by atoms with E-state index < -0.39 is 0 Å². The zero-order valence-electron chi connectivity index (χ0n) is 13.8.